The summed E-state index contributed by atoms with van der Waals surface area (Å²) in [6, 6.07) is 21.1. The van der Waals surface area contributed by atoms with Crippen molar-refractivity contribution in [1.29, 1.82) is 10.7 Å². The molecule has 0 unspecified atom stereocenters. The fourth-order valence-electron chi connectivity index (χ4n) is 7.40. The van der Waals surface area contributed by atoms with Gasteiger partial charge in [0.15, 0.2) is 5.58 Å². The molecule has 5 aromatic rings. The van der Waals surface area contributed by atoms with E-state index in [0.29, 0.717) is 51.7 Å². The standard InChI is InChI=1S/C39H38N6O5/c1-23-28(7-5-8-29(23)38-43-34-12-25(18-46)11-26(15-40)37(34)50-38)30-9-6-10-33(31(30)16-41)42-27-13-35(48-3)32(36(14-27)49-4)17-44-19-39(20-44)21-45(22-39)24(2)47/h5-14,16,41-42,46H,17-22H2,1-4H3. The number of likely N-dealkylation sites (tertiary alicyclic amines) is 2. The molecule has 2 aliphatic rings. The summed E-state index contributed by atoms with van der Waals surface area (Å²) in [4.78, 5) is 20.6. The van der Waals surface area contributed by atoms with Gasteiger partial charge in [0, 0.05) is 85.9 Å². The normalized spacial score (nSPS) is 14.9. The van der Waals surface area contributed by atoms with E-state index in [1.54, 1.807) is 33.3 Å². The summed E-state index contributed by atoms with van der Waals surface area (Å²) < 4.78 is 17.8. The number of anilines is 2. The van der Waals surface area contributed by atoms with E-state index in [4.69, 9.17) is 19.3 Å². The van der Waals surface area contributed by atoms with Gasteiger partial charge in [0.25, 0.3) is 0 Å². The molecule has 2 fully saturated rings. The molecule has 1 spiro atoms. The molecule has 50 heavy (non-hydrogen) atoms. The minimum atomic E-state index is -0.204. The van der Waals surface area contributed by atoms with E-state index in [1.165, 1.54) is 6.21 Å². The Hall–Kier alpha value is -5.70. The van der Waals surface area contributed by atoms with Crippen LogP contribution in [0, 0.1) is 29.1 Å². The number of methoxy groups -OCH3 is 2. The second-order valence-electron chi connectivity index (χ2n) is 13.2. The molecule has 2 aliphatic heterocycles. The zero-order valence-corrected chi connectivity index (χ0v) is 28.5. The SMILES string of the molecule is COc1cc(Nc2cccc(-c3cccc(-c4nc5cc(CO)cc(C#N)c5o4)c3C)c2C=N)cc(OC)c1CN1CC2(C1)CN(C(C)=O)C2. The van der Waals surface area contributed by atoms with E-state index in [9.17, 15) is 15.2 Å². The average Bonchev–Trinajstić information content (AvgIpc) is 3.52. The highest BCUT2D eigenvalue weighted by Crippen LogP contribution is 2.43. The fraction of sp³-hybridized carbons (Fsp3) is 0.282. The first-order valence-electron chi connectivity index (χ1n) is 16.4. The highest BCUT2D eigenvalue weighted by molar-refractivity contribution is 5.98. The monoisotopic (exact) mass is 670 g/mol. The number of benzene rings is 4. The molecule has 2 saturated heterocycles. The highest BCUT2D eigenvalue weighted by atomic mass is 16.5. The Labute approximate surface area is 290 Å². The molecule has 3 heterocycles. The number of aliphatic hydroxyl groups excluding tert-OH is 1. The van der Waals surface area contributed by atoms with E-state index in [-0.39, 0.29) is 17.9 Å². The van der Waals surface area contributed by atoms with Crippen molar-refractivity contribution in [3.05, 3.63) is 88.5 Å². The van der Waals surface area contributed by atoms with Crippen LogP contribution in [0.2, 0.25) is 0 Å². The van der Waals surface area contributed by atoms with Gasteiger partial charge in [0.2, 0.25) is 11.8 Å². The third-order valence-electron chi connectivity index (χ3n) is 9.84. The molecule has 0 bridgehead atoms. The lowest BCUT2D eigenvalue weighted by molar-refractivity contribution is -0.157. The van der Waals surface area contributed by atoms with Crippen LogP contribution in [0.4, 0.5) is 11.4 Å². The van der Waals surface area contributed by atoms with Gasteiger partial charge < -0.3 is 34.6 Å². The largest absolute Gasteiger partial charge is 0.496 e. The molecule has 4 aromatic carbocycles. The lowest BCUT2D eigenvalue weighted by Crippen LogP contribution is -2.72. The van der Waals surface area contributed by atoms with Crippen LogP contribution in [-0.4, -0.2) is 72.4 Å². The maximum absolute atomic E-state index is 11.7. The van der Waals surface area contributed by atoms with Crippen molar-refractivity contribution < 1.29 is 23.8 Å². The molecule has 0 aliphatic carbocycles. The summed E-state index contributed by atoms with van der Waals surface area (Å²) in [7, 11) is 3.30. The average molecular weight is 671 g/mol. The molecule has 1 aromatic heterocycles. The van der Waals surface area contributed by atoms with Crippen LogP contribution in [-0.2, 0) is 17.9 Å². The van der Waals surface area contributed by atoms with Gasteiger partial charge in [-0.3, -0.25) is 9.69 Å². The van der Waals surface area contributed by atoms with Crippen LogP contribution < -0.4 is 14.8 Å². The van der Waals surface area contributed by atoms with Gasteiger partial charge in [-0.05, 0) is 53.4 Å². The second-order valence-corrected chi connectivity index (χ2v) is 13.2. The van der Waals surface area contributed by atoms with E-state index in [0.717, 1.165) is 65.4 Å². The van der Waals surface area contributed by atoms with Gasteiger partial charge >= 0.3 is 0 Å². The Kier molecular flexibility index (Phi) is 8.51. The Bertz CT molecular complexity index is 2160. The second kappa shape index (κ2) is 13.0. The smallest absolute Gasteiger partial charge is 0.227 e. The number of aromatic nitrogens is 1. The molecule has 7 rings (SSSR count). The first-order chi connectivity index (χ1) is 24.2. The van der Waals surface area contributed by atoms with Gasteiger partial charge in [0.05, 0.1) is 32.0 Å². The molecule has 0 saturated carbocycles. The number of rotatable bonds is 10. The van der Waals surface area contributed by atoms with Gasteiger partial charge in [0.1, 0.15) is 23.1 Å². The molecule has 0 radical (unpaired) electrons. The molecule has 11 heteroatoms. The van der Waals surface area contributed by atoms with Gasteiger partial charge in [-0.1, -0.05) is 24.3 Å². The number of carbonyl (C=O) groups excluding carboxylic acids is 1. The quantitative estimate of drug-likeness (QED) is 0.147. The van der Waals surface area contributed by atoms with Crippen LogP contribution in [0.3, 0.4) is 0 Å². The molecule has 1 amide bonds. The third-order valence-corrected chi connectivity index (χ3v) is 9.84. The van der Waals surface area contributed by atoms with Crippen molar-refractivity contribution in [3.63, 3.8) is 0 Å². The van der Waals surface area contributed by atoms with Crippen molar-refractivity contribution >= 4 is 34.6 Å². The number of nitriles is 1. The lowest BCUT2D eigenvalue weighted by Gasteiger charge is -2.60. The first-order valence-corrected chi connectivity index (χ1v) is 16.4. The van der Waals surface area contributed by atoms with E-state index >= 15 is 0 Å². The van der Waals surface area contributed by atoms with Crippen molar-refractivity contribution in [2.75, 3.05) is 45.7 Å². The Balaban J connectivity index is 1.17. The van der Waals surface area contributed by atoms with Crippen LogP contribution in [0.1, 0.15) is 34.7 Å². The molecule has 0 atom stereocenters. The topological polar surface area (TPSA) is 148 Å². The maximum Gasteiger partial charge on any atom is 0.227 e. The minimum Gasteiger partial charge on any atom is -0.496 e. The summed E-state index contributed by atoms with van der Waals surface area (Å²) in [5.74, 6) is 1.91. The zero-order valence-electron chi connectivity index (χ0n) is 28.5. The first kappa shape index (κ1) is 32.8. The fourth-order valence-corrected chi connectivity index (χ4v) is 7.40. The van der Waals surface area contributed by atoms with Crippen LogP contribution in [0.5, 0.6) is 11.5 Å². The number of aliphatic hydroxyl groups is 1. The van der Waals surface area contributed by atoms with Gasteiger partial charge in [-0.25, -0.2) is 4.98 Å². The third kappa shape index (κ3) is 5.72. The van der Waals surface area contributed by atoms with Crippen LogP contribution in [0.25, 0.3) is 33.7 Å². The molecule has 3 N–H and O–H groups in total. The predicted octanol–water partition coefficient (Wildman–Crippen LogP) is 6.26. The Morgan fingerprint density at radius 3 is 2.38 bits per heavy atom. The maximum atomic E-state index is 11.7. The van der Waals surface area contributed by atoms with Crippen LogP contribution >= 0.6 is 0 Å². The number of carbonyl (C=O) groups is 1. The highest BCUT2D eigenvalue weighted by Gasteiger charge is 2.52. The van der Waals surface area contributed by atoms with Crippen molar-refractivity contribution in [2.45, 2.75) is 27.0 Å². The van der Waals surface area contributed by atoms with Gasteiger partial charge in [-0.15, -0.1) is 0 Å². The number of oxazole rings is 1. The zero-order chi connectivity index (χ0) is 35.2. The number of ether oxygens (including phenoxy) is 2. The summed E-state index contributed by atoms with van der Waals surface area (Å²) in [6.07, 6.45) is 1.34. The van der Waals surface area contributed by atoms with E-state index < -0.39 is 0 Å². The molecule has 11 nitrogen and oxygen atoms in total. The minimum absolute atomic E-state index is 0.134. The Morgan fingerprint density at radius 1 is 1.06 bits per heavy atom. The summed E-state index contributed by atoms with van der Waals surface area (Å²) in [5.41, 5.74) is 8.54. The number of nitrogens with one attached hydrogen (secondary N) is 2. The number of hydrogen-bond acceptors (Lipinski definition) is 10. The van der Waals surface area contributed by atoms with E-state index in [2.05, 4.69) is 21.3 Å². The summed E-state index contributed by atoms with van der Waals surface area (Å²) >= 11 is 0. The van der Waals surface area contributed by atoms with E-state index in [1.807, 2.05) is 60.4 Å². The number of nitrogens with zero attached hydrogens (tertiary/aromatic N) is 4. The molecular formula is C39H38N6O5. The summed E-state index contributed by atoms with van der Waals surface area (Å²) in [5, 5.41) is 31.3. The summed E-state index contributed by atoms with van der Waals surface area (Å²) in [6.45, 7) is 7.57. The van der Waals surface area contributed by atoms with Gasteiger partial charge in [-0.2, -0.15) is 5.26 Å². The number of amides is 1. The van der Waals surface area contributed by atoms with Crippen molar-refractivity contribution in [2.24, 2.45) is 5.41 Å². The molecule has 254 valence electrons. The number of fused-ring (bicyclic) bond motifs is 1. The van der Waals surface area contributed by atoms with Crippen LogP contribution in [0.15, 0.2) is 65.1 Å². The van der Waals surface area contributed by atoms with Crippen molar-refractivity contribution in [3.8, 4) is 40.1 Å². The Morgan fingerprint density at radius 2 is 1.74 bits per heavy atom. The number of hydrogen-bond donors (Lipinski definition) is 3. The predicted molar refractivity (Wildman–Crippen MR) is 191 cm³/mol. The molecular weight excluding hydrogens is 632 g/mol. The lowest BCUT2D eigenvalue weighted by atomic mass is 9.72. The van der Waals surface area contributed by atoms with Crippen molar-refractivity contribution in [1.82, 2.24) is 14.8 Å².